The third kappa shape index (κ3) is 4.59. The molecule has 3 heteroatoms. The Balaban J connectivity index is 2.85. The molecule has 0 aromatic heterocycles. The normalized spacial score (nSPS) is 15.9. The van der Waals surface area contributed by atoms with E-state index in [0.717, 1.165) is 36.8 Å². The Morgan fingerprint density at radius 3 is 2.23 bits per heavy atom. The molecule has 3 nitrogen and oxygen atoms in total. The van der Waals surface area contributed by atoms with Crippen LogP contribution in [0.5, 0.6) is 11.5 Å². The van der Waals surface area contributed by atoms with Crippen LogP contribution in [0.2, 0.25) is 0 Å². The number of aliphatic hydroxyl groups is 1. The summed E-state index contributed by atoms with van der Waals surface area (Å²) in [5.41, 5.74) is -0.907. The van der Waals surface area contributed by atoms with Gasteiger partial charge in [-0.05, 0) is 62.3 Å². The van der Waals surface area contributed by atoms with E-state index in [1.807, 2.05) is 12.1 Å². The van der Waals surface area contributed by atoms with Crippen LogP contribution in [0.3, 0.4) is 0 Å². The molecule has 142 valence electrons. The Bertz CT molecular complexity index is 895. The van der Waals surface area contributed by atoms with Crippen molar-refractivity contribution in [2.24, 2.45) is 0 Å². The summed E-state index contributed by atoms with van der Waals surface area (Å²) in [6.45, 7) is -2.48. The highest BCUT2D eigenvalue weighted by Gasteiger charge is 2.25. The van der Waals surface area contributed by atoms with Gasteiger partial charge in [0.2, 0.25) is 0 Å². The van der Waals surface area contributed by atoms with E-state index in [4.69, 9.17) is 17.7 Å². The minimum Gasteiger partial charge on any atom is -0.496 e. The molecule has 0 aliphatic rings. The minimum atomic E-state index is -3.21. The predicted octanol–water partition coefficient (Wildman–Crippen LogP) is 5.64. The lowest BCUT2D eigenvalue weighted by Crippen LogP contribution is -2.17. The summed E-state index contributed by atoms with van der Waals surface area (Å²) in [6.07, 6.45) is 3.98. The molecule has 0 aliphatic heterocycles. The van der Waals surface area contributed by atoms with Crippen molar-refractivity contribution in [3.8, 4) is 22.6 Å². The Morgan fingerprint density at radius 1 is 1.04 bits per heavy atom. The van der Waals surface area contributed by atoms with Crippen molar-refractivity contribution in [1.82, 2.24) is 0 Å². The van der Waals surface area contributed by atoms with Crippen molar-refractivity contribution in [2.45, 2.75) is 58.8 Å². The fourth-order valence-electron chi connectivity index (χ4n) is 3.14. The van der Waals surface area contributed by atoms with Crippen LogP contribution in [0.25, 0.3) is 11.1 Å². The maximum Gasteiger partial charge on any atom is 0.130 e. The van der Waals surface area contributed by atoms with E-state index < -0.39 is 19.3 Å². The summed E-state index contributed by atoms with van der Waals surface area (Å²) < 4.78 is 58.5. The molecule has 0 atom stereocenters. The summed E-state index contributed by atoms with van der Waals surface area (Å²) in [4.78, 5) is 0. The van der Waals surface area contributed by atoms with Crippen molar-refractivity contribution in [1.29, 1.82) is 0 Å². The second kappa shape index (κ2) is 8.59. The van der Waals surface area contributed by atoms with Crippen molar-refractivity contribution < 1.29 is 22.8 Å². The molecular formula is C23H32O3. The standard InChI is InChI=1S/C23H32O3/c1-7-8-9-10-17-14-20(25-5)22(21(15-17)26-6)18-13-16(2)11-12-19(18)23(3,4)24/h11-15,24H,7-10H2,1-6H3/i3D3,4D3. The molecule has 2 rings (SSSR count). The van der Waals surface area contributed by atoms with Crippen molar-refractivity contribution >= 4 is 0 Å². The summed E-state index contributed by atoms with van der Waals surface area (Å²) >= 11 is 0. The molecule has 26 heavy (non-hydrogen) atoms. The van der Waals surface area contributed by atoms with Gasteiger partial charge < -0.3 is 14.6 Å². The predicted molar refractivity (Wildman–Crippen MR) is 108 cm³/mol. The number of hydrogen-bond acceptors (Lipinski definition) is 3. The molecule has 0 bridgehead atoms. The molecule has 0 saturated heterocycles. The summed E-state index contributed by atoms with van der Waals surface area (Å²) in [5, 5.41) is 11.2. The van der Waals surface area contributed by atoms with Crippen LogP contribution in [-0.2, 0) is 12.0 Å². The van der Waals surface area contributed by atoms with Crippen LogP contribution < -0.4 is 9.47 Å². The SMILES string of the molecule is [2H]C([2H])([2H])C(O)(c1ccc(C)cc1-c1c(OC)cc(CCCCC)cc1OC)C([2H])([2H])[2H]. The Hall–Kier alpha value is -2.00. The van der Waals surface area contributed by atoms with Gasteiger partial charge in [0.15, 0.2) is 0 Å². The molecule has 0 radical (unpaired) electrons. The van der Waals surface area contributed by atoms with Gasteiger partial charge in [-0.15, -0.1) is 0 Å². The van der Waals surface area contributed by atoms with Crippen LogP contribution in [0, 0.1) is 6.92 Å². The highest BCUT2D eigenvalue weighted by Crippen LogP contribution is 2.44. The van der Waals surface area contributed by atoms with Crippen LogP contribution in [-0.4, -0.2) is 19.3 Å². The van der Waals surface area contributed by atoms with Gasteiger partial charge in [-0.25, -0.2) is 0 Å². The average molecular weight is 363 g/mol. The molecule has 2 aromatic carbocycles. The van der Waals surface area contributed by atoms with Crippen LogP contribution in [0.4, 0.5) is 0 Å². The molecule has 0 spiro atoms. The average Bonchev–Trinajstić information content (AvgIpc) is 2.70. The fourth-order valence-corrected chi connectivity index (χ4v) is 3.14. The number of benzene rings is 2. The molecule has 0 saturated carbocycles. The molecule has 2 aromatic rings. The van der Waals surface area contributed by atoms with E-state index in [1.165, 1.54) is 20.3 Å². The molecular weight excluding hydrogens is 324 g/mol. The van der Waals surface area contributed by atoms with E-state index in [-0.39, 0.29) is 11.1 Å². The first-order chi connectivity index (χ1) is 14.8. The van der Waals surface area contributed by atoms with E-state index in [9.17, 15) is 5.11 Å². The second-order valence-electron chi connectivity index (χ2n) is 6.59. The lowest BCUT2D eigenvalue weighted by Gasteiger charge is -2.24. The summed E-state index contributed by atoms with van der Waals surface area (Å²) in [5.74, 6) is 0.835. The van der Waals surface area contributed by atoms with E-state index in [2.05, 4.69) is 6.92 Å². The largest absolute Gasteiger partial charge is 0.496 e. The highest BCUT2D eigenvalue weighted by atomic mass is 16.5. The van der Waals surface area contributed by atoms with Gasteiger partial charge in [-0.1, -0.05) is 43.5 Å². The van der Waals surface area contributed by atoms with Crippen LogP contribution in [0.1, 0.15) is 64.8 Å². The van der Waals surface area contributed by atoms with Gasteiger partial charge in [-0.3, -0.25) is 0 Å². The first kappa shape index (κ1) is 13.2. The summed E-state index contributed by atoms with van der Waals surface area (Å²) in [7, 11) is 2.98. The van der Waals surface area contributed by atoms with E-state index in [1.54, 1.807) is 19.1 Å². The smallest absolute Gasteiger partial charge is 0.130 e. The number of unbranched alkanes of at least 4 members (excludes halogenated alkanes) is 2. The highest BCUT2D eigenvalue weighted by molar-refractivity contribution is 5.81. The quantitative estimate of drug-likeness (QED) is 0.618. The van der Waals surface area contributed by atoms with Crippen LogP contribution in [0.15, 0.2) is 30.3 Å². The third-order valence-electron chi connectivity index (χ3n) is 4.47. The summed E-state index contributed by atoms with van der Waals surface area (Å²) in [6, 6.07) is 8.29. The van der Waals surface area contributed by atoms with Crippen molar-refractivity contribution in [3.63, 3.8) is 0 Å². The maximum absolute atomic E-state index is 11.2. The zero-order valence-corrected chi connectivity index (χ0v) is 16.0. The van der Waals surface area contributed by atoms with Crippen molar-refractivity contribution in [2.75, 3.05) is 14.2 Å². The maximum atomic E-state index is 11.2. The van der Waals surface area contributed by atoms with Crippen LogP contribution >= 0.6 is 0 Å². The number of rotatable bonds is 8. The molecule has 0 unspecified atom stereocenters. The zero-order chi connectivity index (χ0) is 24.3. The molecule has 0 aliphatic carbocycles. The monoisotopic (exact) mass is 362 g/mol. The van der Waals surface area contributed by atoms with E-state index in [0.29, 0.717) is 17.1 Å². The number of aryl methyl sites for hydroxylation is 2. The van der Waals surface area contributed by atoms with Gasteiger partial charge in [-0.2, -0.15) is 0 Å². The van der Waals surface area contributed by atoms with Crippen molar-refractivity contribution in [3.05, 3.63) is 47.0 Å². The minimum absolute atomic E-state index is 0.224. The second-order valence-corrected chi connectivity index (χ2v) is 6.59. The van der Waals surface area contributed by atoms with Gasteiger partial charge in [0.25, 0.3) is 0 Å². The molecule has 0 fully saturated rings. The zero-order valence-electron chi connectivity index (χ0n) is 22.0. The number of ether oxygens (including phenoxy) is 2. The Morgan fingerprint density at radius 2 is 1.69 bits per heavy atom. The number of hydrogen-bond donors (Lipinski definition) is 1. The van der Waals surface area contributed by atoms with Gasteiger partial charge in [0.05, 0.1) is 25.4 Å². The van der Waals surface area contributed by atoms with Gasteiger partial charge >= 0.3 is 0 Å². The van der Waals surface area contributed by atoms with Gasteiger partial charge in [0.1, 0.15) is 11.5 Å². The first-order valence-corrected chi connectivity index (χ1v) is 8.90. The fraction of sp³-hybridized carbons (Fsp3) is 0.478. The third-order valence-corrected chi connectivity index (χ3v) is 4.47. The topological polar surface area (TPSA) is 38.7 Å². The lowest BCUT2D eigenvalue weighted by molar-refractivity contribution is 0.0792. The van der Waals surface area contributed by atoms with Gasteiger partial charge in [0, 0.05) is 8.22 Å². The molecule has 0 heterocycles. The lowest BCUT2D eigenvalue weighted by atomic mass is 9.87. The Kier molecular flexibility index (Phi) is 4.36. The van der Waals surface area contributed by atoms with E-state index >= 15 is 0 Å². The molecule has 1 N–H and O–H groups in total. The molecule has 0 amide bonds. The number of methoxy groups -OCH3 is 2. The Labute approximate surface area is 166 Å². The first-order valence-electron chi connectivity index (χ1n) is 11.9.